The van der Waals surface area contributed by atoms with Crippen LogP contribution in [0.25, 0.3) is 5.69 Å². The van der Waals surface area contributed by atoms with Crippen LogP contribution < -0.4 is 5.73 Å². The standard InChI is InChI=1S/C17H21FN2/c1-11-6-12(18)8-13(7-11)20-5-4-14-15(19)9-17(2,3)10-16(14)20/h4-8,15H,9-10,19H2,1-3H3. The highest BCUT2D eigenvalue weighted by Crippen LogP contribution is 2.40. The number of fused-ring (bicyclic) bond motifs is 1. The Balaban J connectivity index is 2.13. The molecule has 0 aliphatic heterocycles. The Morgan fingerprint density at radius 1 is 1.30 bits per heavy atom. The molecule has 2 N–H and O–H groups in total. The summed E-state index contributed by atoms with van der Waals surface area (Å²) in [6.45, 7) is 6.39. The number of hydrogen-bond acceptors (Lipinski definition) is 1. The minimum absolute atomic E-state index is 0.0738. The second-order valence-electron chi connectivity index (χ2n) is 6.73. The number of nitrogens with zero attached hydrogens (tertiary/aromatic N) is 1. The van der Waals surface area contributed by atoms with Gasteiger partial charge in [0.05, 0.1) is 0 Å². The quantitative estimate of drug-likeness (QED) is 0.838. The van der Waals surface area contributed by atoms with E-state index in [-0.39, 0.29) is 17.3 Å². The topological polar surface area (TPSA) is 30.9 Å². The highest BCUT2D eigenvalue weighted by Gasteiger charge is 2.32. The molecule has 3 rings (SSSR count). The third kappa shape index (κ3) is 2.27. The first-order valence-corrected chi connectivity index (χ1v) is 7.09. The number of rotatable bonds is 1. The van der Waals surface area contributed by atoms with Gasteiger partial charge in [-0.15, -0.1) is 0 Å². The van der Waals surface area contributed by atoms with E-state index in [1.165, 1.54) is 11.3 Å². The SMILES string of the molecule is Cc1cc(F)cc(-n2ccc3c2CC(C)(C)CC3N)c1. The maximum atomic E-state index is 13.6. The lowest BCUT2D eigenvalue weighted by Gasteiger charge is -2.34. The van der Waals surface area contributed by atoms with Gasteiger partial charge in [-0.05, 0) is 60.6 Å². The van der Waals surface area contributed by atoms with E-state index < -0.39 is 0 Å². The molecule has 0 radical (unpaired) electrons. The van der Waals surface area contributed by atoms with Crippen molar-refractivity contribution in [1.82, 2.24) is 4.57 Å². The Bertz CT molecular complexity index is 635. The molecule has 2 nitrogen and oxygen atoms in total. The zero-order chi connectivity index (χ0) is 14.5. The molecule has 0 spiro atoms. The number of aryl methyl sites for hydroxylation is 1. The smallest absolute Gasteiger partial charge is 0.125 e. The van der Waals surface area contributed by atoms with Gasteiger partial charge >= 0.3 is 0 Å². The maximum absolute atomic E-state index is 13.6. The molecular weight excluding hydrogens is 251 g/mol. The van der Waals surface area contributed by atoms with Crippen LogP contribution in [0.3, 0.4) is 0 Å². The Kier molecular flexibility index (Phi) is 2.98. The van der Waals surface area contributed by atoms with Crippen LogP contribution in [0.5, 0.6) is 0 Å². The van der Waals surface area contributed by atoms with Crippen molar-refractivity contribution >= 4 is 0 Å². The fourth-order valence-corrected chi connectivity index (χ4v) is 3.33. The van der Waals surface area contributed by atoms with Gasteiger partial charge in [-0.25, -0.2) is 4.39 Å². The fraction of sp³-hybridized carbons (Fsp3) is 0.412. The molecule has 1 aliphatic carbocycles. The lowest BCUT2D eigenvalue weighted by molar-refractivity contribution is 0.278. The van der Waals surface area contributed by atoms with E-state index in [2.05, 4.69) is 24.5 Å². The van der Waals surface area contributed by atoms with Crippen molar-refractivity contribution in [1.29, 1.82) is 0 Å². The first-order chi connectivity index (χ1) is 9.35. The van der Waals surface area contributed by atoms with E-state index in [0.29, 0.717) is 0 Å². The Morgan fingerprint density at radius 3 is 2.75 bits per heavy atom. The predicted molar refractivity (Wildman–Crippen MR) is 79.5 cm³/mol. The molecule has 1 aromatic heterocycles. The normalized spacial score (nSPS) is 20.8. The molecule has 1 aliphatic rings. The van der Waals surface area contributed by atoms with Gasteiger partial charge in [0.25, 0.3) is 0 Å². The van der Waals surface area contributed by atoms with Gasteiger partial charge in [-0.3, -0.25) is 0 Å². The van der Waals surface area contributed by atoms with E-state index in [9.17, 15) is 4.39 Å². The number of nitrogens with two attached hydrogens (primary N) is 1. The molecule has 2 aromatic rings. The third-order valence-corrected chi connectivity index (χ3v) is 4.15. The zero-order valence-electron chi connectivity index (χ0n) is 12.3. The lowest BCUT2D eigenvalue weighted by atomic mass is 9.74. The Morgan fingerprint density at radius 2 is 2.05 bits per heavy atom. The van der Waals surface area contributed by atoms with Crippen molar-refractivity contribution in [2.45, 2.75) is 39.7 Å². The number of halogens is 1. The van der Waals surface area contributed by atoms with Crippen LogP contribution >= 0.6 is 0 Å². The van der Waals surface area contributed by atoms with Crippen molar-refractivity contribution in [2.24, 2.45) is 11.1 Å². The molecule has 1 aromatic carbocycles. The van der Waals surface area contributed by atoms with Crippen LogP contribution in [0.15, 0.2) is 30.5 Å². The van der Waals surface area contributed by atoms with Crippen LogP contribution in [-0.4, -0.2) is 4.57 Å². The summed E-state index contributed by atoms with van der Waals surface area (Å²) in [4.78, 5) is 0. The lowest BCUT2D eigenvalue weighted by Crippen LogP contribution is -2.30. The number of benzene rings is 1. The van der Waals surface area contributed by atoms with Crippen LogP contribution in [-0.2, 0) is 6.42 Å². The van der Waals surface area contributed by atoms with E-state index in [1.807, 2.05) is 19.2 Å². The van der Waals surface area contributed by atoms with Crippen molar-refractivity contribution in [3.63, 3.8) is 0 Å². The van der Waals surface area contributed by atoms with Gasteiger partial charge in [0.1, 0.15) is 5.82 Å². The fourth-order valence-electron chi connectivity index (χ4n) is 3.33. The molecule has 3 heteroatoms. The largest absolute Gasteiger partial charge is 0.324 e. The van der Waals surface area contributed by atoms with Gasteiger partial charge in [0.2, 0.25) is 0 Å². The first kappa shape index (κ1) is 13.4. The second kappa shape index (κ2) is 4.45. The predicted octanol–water partition coefficient (Wildman–Crippen LogP) is 3.90. The highest BCUT2D eigenvalue weighted by atomic mass is 19.1. The maximum Gasteiger partial charge on any atom is 0.125 e. The van der Waals surface area contributed by atoms with Crippen LogP contribution in [0.4, 0.5) is 4.39 Å². The van der Waals surface area contributed by atoms with Crippen molar-refractivity contribution in [2.75, 3.05) is 0 Å². The van der Waals surface area contributed by atoms with E-state index in [1.54, 1.807) is 12.1 Å². The molecule has 1 heterocycles. The number of aromatic nitrogens is 1. The van der Waals surface area contributed by atoms with Gasteiger partial charge < -0.3 is 10.3 Å². The average molecular weight is 272 g/mol. The van der Waals surface area contributed by atoms with E-state index >= 15 is 0 Å². The van der Waals surface area contributed by atoms with Crippen molar-refractivity contribution < 1.29 is 4.39 Å². The van der Waals surface area contributed by atoms with Crippen LogP contribution in [0, 0.1) is 18.2 Å². The first-order valence-electron chi connectivity index (χ1n) is 7.09. The summed E-state index contributed by atoms with van der Waals surface area (Å²) in [6, 6.07) is 7.30. The van der Waals surface area contributed by atoms with Crippen LogP contribution in [0.2, 0.25) is 0 Å². The summed E-state index contributed by atoms with van der Waals surface area (Å²) in [5.41, 5.74) is 10.7. The summed E-state index contributed by atoms with van der Waals surface area (Å²) in [5.74, 6) is -0.193. The van der Waals surface area contributed by atoms with E-state index in [4.69, 9.17) is 5.73 Å². The van der Waals surface area contributed by atoms with E-state index in [0.717, 1.165) is 24.1 Å². The molecule has 1 unspecified atom stereocenters. The molecule has 106 valence electrons. The molecule has 0 bridgehead atoms. The summed E-state index contributed by atoms with van der Waals surface area (Å²) >= 11 is 0. The van der Waals surface area contributed by atoms with Crippen molar-refractivity contribution in [3.05, 3.63) is 53.1 Å². The summed E-state index contributed by atoms with van der Waals surface area (Å²) in [6.07, 6.45) is 3.98. The molecule has 0 saturated carbocycles. The number of hydrogen-bond donors (Lipinski definition) is 1. The molecular formula is C17H21FN2. The molecule has 20 heavy (non-hydrogen) atoms. The van der Waals surface area contributed by atoms with Crippen LogP contribution in [0.1, 0.15) is 43.1 Å². The molecule has 0 saturated heterocycles. The second-order valence-corrected chi connectivity index (χ2v) is 6.73. The van der Waals surface area contributed by atoms with Crippen molar-refractivity contribution in [3.8, 4) is 5.69 Å². The molecule has 0 fully saturated rings. The summed E-state index contributed by atoms with van der Waals surface area (Å²) < 4.78 is 15.7. The average Bonchev–Trinajstić information content (AvgIpc) is 2.69. The Hall–Kier alpha value is -1.61. The van der Waals surface area contributed by atoms with Gasteiger partial charge in [-0.2, -0.15) is 0 Å². The third-order valence-electron chi connectivity index (χ3n) is 4.15. The van der Waals surface area contributed by atoms with Gasteiger partial charge in [-0.1, -0.05) is 13.8 Å². The Labute approximate surface area is 119 Å². The summed E-state index contributed by atoms with van der Waals surface area (Å²) in [5, 5.41) is 0. The van der Waals surface area contributed by atoms with Gasteiger partial charge in [0.15, 0.2) is 0 Å². The minimum Gasteiger partial charge on any atom is -0.324 e. The molecule has 1 atom stereocenters. The zero-order valence-corrected chi connectivity index (χ0v) is 12.3. The minimum atomic E-state index is -0.193. The molecule has 0 amide bonds. The highest BCUT2D eigenvalue weighted by molar-refractivity contribution is 5.43. The monoisotopic (exact) mass is 272 g/mol. The van der Waals surface area contributed by atoms with Gasteiger partial charge in [0, 0.05) is 23.6 Å². The summed E-state index contributed by atoms with van der Waals surface area (Å²) in [7, 11) is 0.